The van der Waals surface area contributed by atoms with Crippen LogP contribution in [0.5, 0.6) is 0 Å². The summed E-state index contributed by atoms with van der Waals surface area (Å²) in [5, 5.41) is 62.0. The van der Waals surface area contributed by atoms with Gasteiger partial charge in [0.15, 0.2) is 12.6 Å². The van der Waals surface area contributed by atoms with E-state index in [0.717, 1.165) is 0 Å². The summed E-state index contributed by atoms with van der Waals surface area (Å²) in [4.78, 5) is 0. The third-order valence-electron chi connectivity index (χ3n) is 7.89. The van der Waals surface area contributed by atoms with Crippen molar-refractivity contribution in [3.05, 3.63) is 0 Å². The zero-order chi connectivity index (χ0) is 33.7. The number of rotatable bonds is 15. The van der Waals surface area contributed by atoms with Gasteiger partial charge >= 0.3 is 0 Å². The molecule has 0 saturated carbocycles. The van der Waals surface area contributed by atoms with Crippen LogP contribution in [-0.2, 0) is 57.5 Å². The molecule has 6 N–H and O–H groups in total. The van der Waals surface area contributed by atoms with E-state index >= 15 is 0 Å². The zero-order valence-corrected chi connectivity index (χ0v) is 26.3. The number of hydrogen-bond acceptors (Lipinski definition) is 19. The van der Waals surface area contributed by atoms with Crippen LogP contribution in [0.4, 0.5) is 0 Å². The van der Waals surface area contributed by atoms with E-state index in [1.165, 1.54) is 35.4 Å². The second-order valence-electron chi connectivity index (χ2n) is 10.9. The van der Waals surface area contributed by atoms with Gasteiger partial charge in [-0.1, -0.05) is 0 Å². The standard InChI is InChI=1S/C25H46O19S/c1-11-14(27)16(29)17(30)23(41-11)39-6-7-40-24-18(31)20(15(28)12(8-26)42-24)44-25(10-45(32,33)34)22(38-5)21(37-4)19(36-3)13(43-25)9-35-2/h11-24,26-31H,6-10H2,1-5H3,(H,32,33,34)/p-1/t11-,12+,13+,14+,15-,16+,17-,18+,19+,20-,21-,22+,23+,24+,25+/m0/s1. The number of ether oxygens (including phenoxy) is 10. The maximum atomic E-state index is 12.2. The van der Waals surface area contributed by atoms with Gasteiger partial charge in [-0.2, -0.15) is 0 Å². The van der Waals surface area contributed by atoms with Crippen molar-refractivity contribution in [2.45, 2.75) is 98.5 Å². The summed E-state index contributed by atoms with van der Waals surface area (Å²) in [6.07, 6.45) is -19.8. The van der Waals surface area contributed by atoms with Gasteiger partial charge in [-0.05, 0) is 6.92 Å². The fraction of sp³-hybridized carbons (Fsp3) is 1.00. The van der Waals surface area contributed by atoms with E-state index in [1.54, 1.807) is 0 Å². The number of methoxy groups -OCH3 is 4. The van der Waals surface area contributed by atoms with Crippen molar-refractivity contribution in [2.75, 3.05) is 60.6 Å². The van der Waals surface area contributed by atoms with Crippen LogP contribution in [0.2, 0.25) is 0 Å². The Bertz CT molecular complexity index is 1000. The van der Waals surface area contributed by atoms with Crippen LogP contribution in [0.1, 0.15) is 6.92 Å². The van der Waals surface area contributed by atoms with E-state index in [9.17, 15) is 43.6 Å². The minimum absolute atomic E-state index is 0.184. The van der Waals surface area contributed by atoms with Crippen molar-refractivity contribution in [3.8, 4) is 0 Å². The highest BCUT2D eigenvalue weighted by Crippen LogP contribution is 2.40. The van der Waals surface area contributed by atoms with Crippen LogP contribution in [0.3, 0.4) is 0 Å². The lowest BCUT2D eigenvalue weighted by Gasteiger charge is -2.54. The molecule has 3 heterocycles. The van der Waals surface area contributed by atoms with E-state index in [1.807, 2.05) is 0 Å². The normalized spacial score (nSPS) is 44.6. The molecule has 0 spiro atoms. The summed E-state index contributed by atoms with van der Waals surface area (Å²) >= 11 is 0. The van der Waals surface area contributed by atoms with Gasteiger partial charge in [0.1, 0.15) is 67.1 Å². The van der Waals surface area contributed by atoms with Crippen LogP contribution in [0.15, 0.2) is 0 Å². The van der Waals surface area contributed by atoms with Crippen LogP contribution < -0.4 is 0 Å². The average molecular weight is 682 g/mol. The third kappa shape index (κ3) is 8.85. The SMILES string of the molecule is COC[C@H]1O[C@](CS(=O)(=O)[O-])(O[C@H]2[C@@H](O)[C@@H](CO)O[C@@H](OCCO[C@@H]3O[C@@H](C)[C@@H](O)[C@@H](O)[C@@H]3O)[C@@H]2O)[C@H](OC)[C@@H](OC)[C@@H]1OC. The molecule has 0 aromatic heterocycles. The predicted molar refractivity (Wildman–Crippen MR) is 143 cm³/mol. The van der Waals surface area contributed by atoms with Crippen LogP contribution >= 0.6 is 0 Å². The van der Waals surface area contributed by atoms with Crippen molar-refractivity contribution in [1.82, 2.24) is 0 Å². The molecule has 20 heteroatoms. The Morgan fingerprint density at radius 1 is 0.756 bits per heavy atom. The first kappa shape index (κ1) is 38.7. The molecule has 15 atom stereocenters. The van der Waals surface area contributed by atoms with E-state index in [0.29, 0.717) is 0 Å². The quantitative estimate of drug-likeness (QED) is 0.0697. The minimum Gasteiger partial charge on any atom is -0.748 e. The predicted octanol–water partition coefficient (Wildman–Crippen LogP) is -5.00. The van der Waals surface area contributed by atoms with Gasteiger partial charge in [-0.3, -0.25) is 0 Å². The van der Waals surface area contributed by atoms with Gasteiger partial charge in [-0.15, -0.1) is 0 Å². The Labute approximate surface area is 260 Å². The molecule has 0 aromatic carbocycles. The molecule has 3 rings (SSSR count). The Morgan fingerprint density at radius 2 is 1.36 bits per heavy atom. The Kier molecular flexibility index (Phi) is 14.3. The highest BCUT2D eigenvalue weighted by Gasteiger charge is 2.61. The van der Waals surface area contributed by atoms with E-state index in [4.69, 9.17) is 47.4 Å². The summed E-state index contributed by atoms with van der Waals surface area (Å²) in [7, 11) is -0.0308. The first-order chi connectivity index (χ1) is 21.2. The molecule has 3 fully saturated rings. The van der Waals surface area contributed by atoms with Gasteiger partial charge in [-0.25, -0.2) is 8.42 Å². The molecule has 266 valence electrons. The first-order valence-corrected chi connectivity index (χ1v) is 15.7. The molecule has 0 radical (unpaired) electrons. The lowest BCUT2D eigenvalue weighted by molar-refractivity contribution is -0.402. The third-order valence-corrected chi connectivity index (χ3v) is 8.65. The minimum atomic E-state index is -5.16. The van der Waals surface area contributed by atoms with Crippen molar-refractivity contribution < 1.29 is 91.0 Å². The highest BCUT2D eigenvalue weighted by atomic mass is 32.2. The van der Waals surface area contributed by atoms with Gasteiger partial charge in [0.2, 0.25) is 5.79 Å². The lowest BCUT2D eigenvalue weighted by Crippen LogP contribution is -2.72. The molecule has 0 bridgehead atoms. The molecule has 3 aliphatic heterocycles. The van der Waals surface area contributed by atoms with Crippen molar-refractivity contribution in [1.29, 1.82) is 0 Å². The molecule has 0 amide bonds. The lowest BCUT2D eigenvalue weighted by atomic mass is 9.91. The Balaban J connectivity index is 1.84. The van der Waals surface area contributed by atoms with Crippen LogP contribution in [0.25, 0.3) is 0 Å². The second-order valence-corrected chi connectivity index (χ2v) is 12.3. The molecule has 3 saturated heterocycles. The molecule has 0 aliphatic carbocycles. The summed E-state index contributed by atoms with van der Waals surface area (Å²) in [6.45, 7) is -0.143. The van der Waals surface area contributed by atoms with Gasteiger partial charge in [0.05, 0.1) is 48.4 Å². The smallest absolute Gasteiger partial charge is 0.211 e. The number of aliphatic hydroxyl groups excluding tert-OH is 6. The highest BCUT2D eigenvalue weighted by molar-refractivity contribution is 7.85. The summed E-state index contributed by atoms with van der Waals surface area (Å²) in [5.74, 6) is -3.87. The van der Waals surface area contributed by atoms with Gasteiger partial charge in [0.25, 0.3) is 0 Å². The maximum absolute atomic E-state index is 12.2. The second kappa shape index (κ2) is 16.6. The van der Waals surface area contributed by atoms with E-state index in [2.05, 4.69) is 0 Å². The molecular weight excluding hydrogens is 636 g/mol. The average Bonchev–Trinajstić information content (AvgIpc) is 2.98. The van der Waals surface area contributed by atoms with Gasteiger partial charge in [0, 0.05) is 28.4 Å². The van der Waals surface area contributed by atoms with Crippen LogP contribution in [-0.4, -0.2) is 196 Å². The molecule has 45 heavy (non-hydrogen) atoms. The number of hydrogen-bond donors (Lipinski definition) is 6. The largest absolute Gasteiger partial charge is 0.748 e. The Morgan fingerprint density at radius 3 is 1.87 bits per heavy atom. The molecular formula is C25H45O19S-. The van der Waals surface area contributed by atoms with E-state index in [-0.39, 0.29) is 19.8 Å². The first-order valence-electron chi connectivity index (χ1n) is 14.1. The maximum Gasteiger partial charge on any atom is 0.211 e. The van der Waals surface area contributed by atoms with Crippen molar-refractivity contribution >= 4 is 10.1 Å². The van der Waals surface area contributed by atoms with Crippen LogP contribution in [0, 0.1) is 0 Å². The van der Waals surface area contributed by atoms with Crippen molar-refractivity contribution in [3.63, 3.8) is 0 Å². The fourth-order valence-electron chi connectivity index (χ4n) is 5.71. The van der Waals surface area contributed by atoms with Crippen molar-refractivity contribution in [2.24, 2.45) is 0 Å². The number of aliphatic hydroxyl groups is 6. The fourth-order valence-corrected chi connectivity index (χ4v) is 6.50. The topological polar surface area (TPSA) is 271 Å². The molecule has 0 aromatic rings. The van der Waals surface area contributed by atoms with Gasteiger partial charge < -0.3 is 82.6 Å². The molecule has 3 aliphatic rings. The summed E-state index contributed by atoms with van der Waals surface area (Å²) < 4.78 is 92.1. The summed E-state index contributed by atoms with van der Waals surface area (Å²) in [6, 6.07) is 0. The zero-order valence-electron chi connectivity index (χ0n) is 25.5. The molecule has 19 nitrogen and oxygen atoms in total. The van der Waals surface area contributed by atoms with E-state index < -0.39 is 114 Å². The summed E-state index contributed by atoms with van der Waals surface area (Å²) in [5.41, 5.74) is 0. The monoisotopic (exact) mass is 681 g/mol. The molecule has 0 unspecified atom stereocenters. The Hall–Kier alpha value is -0.730.